The first-order valence-corrected chi connectivity index (χ1v) is 14.1. The molecular weight excluding hydrogens is 500 g/mol. The molecule has 4 heteroatoms. The standard InChI is InChI=1S/C37H32N4/c1-3-27(2)31-18-13-21-34(26-31)41(32-19-11-6-12-20-32)33-24-22-30(23-25-33)37-39-35(28-14-7-4-8-15-28)38-36(40-37)29-16-9-5-10-17-29/h4-27H,3H2,1-2H3. The van der Waals surface area contributed by atoms with Crippen molar-refractivity contribution in [3.63, 3.8) is 0 Å². The van der Waals surface area contributed by atoms with Crippen LogP contribution in [-0.2, 0) is 0 Å². The third-order valence-corrected chi connectivity index (χ3v) is 7.41. The molecule has 5 aromatic carbocycles. The first-order chi connectivity index (χ1) is 20.2. The van der Waals surface area contributed by atoms with Crippen molar-refractivity contribution >= 4 is 17.1 Å². The molecule has 1 aromatic heterocycles. The highest BCUT2D eigenvalue weighted by atomic mass is 15.1. The first-order valence-electron chi connectivity index (χ1n) is 14.1. The van der Waals surface area contributed by atoms with Gasteiger partial charge in [-0.25, -0.2) is 15.0 Å². The summed E-state index contributed by atoms with van der Waals surface area (Å²) in [5, 5.41) is 0. The lowest BCUT2D eigenvalue weighted by Gasteiger charge is -2.26. The topological polar surface area (TPSA) is 41.9 Å². The Morgan fingerprint density at radius 3 is 1.44 bits per heavy atom. The number of para-hydroxylation sites is 1. The molecule has 6 rings (SSSR count). The lowest BCUT2D eigenvalue weighted by molar-refractivity contribution is 0.733. The number of aromatic nitrogens is 3. The van der Waals surface area contributed by atoms with E-state index in [1.54, 1.807) is 0 Å². The van der Waals surface area contributed by atoms with E-state index in [-0.39, 0.29) is 0 Å². The number of hydrogen-bond acceptors (Lipinski definition) is 4. The van der Waals surface area contributed by atoms with Crippen LogP contribution in [0.2, 0.25) is 0 Å². The summed E-state index contributed by atoms with van der Waals surface area (Å²) < 4.78 is 0. The average molecular weight is 533 g/mol. The van der Waals surface area contributed by atoms with E-state index in [9.17, 15) is 0 Å². The van der Waals surface area contributed by atoms with Crippen LogP contribution in [0.15, 0.2) is 140 Å². The van der Waals surface area contributed by atoms with Gasteiger partial charge in [-0.3, -0.25) is 0 Å². The van der Waals surface area contributed by atoms with Crippen molar-refractivity contribution in [3.05, 3.63) is 145 Å². The lowest BCUT2D eigenvalue weighted by atomic mass is 9.98. The highest BCUT2D eigenvalue weighted by molar-refractivity contribution is 5.78. The minimum atomic E-state index is 0.497. The second kappa shape index (κ2) is 12.0. The van der Waals surface area contributed by atoms with Crippen LogP contribution >= 0.6 is 0 Å². The molecular formula is C37H32N4. The maximum atomic E-state index is 4.89. The van der Waals surface area contributed by atoms with Crippen molar-refractivity contribution < 1.29 is 0 Å². The van der Waals surface area contributed by atoms with Crippen molar-refractivity contribution in [2.45, 2.75) is 26.2 Å². The number of nitrogens with zero attached hydrogens (tertiary/aromatic N) is 4. The molecule has 1 unspecified atom stereocenters. The Morgan fingerprint density at radius 2 is 0.927 bits per heavy atom. The largest absolute Gasteiger partial charge is 0.310 e. The fourth-order valence-corrected chi connectivity index (χ4v) is 4.93. The van der Waals surface area contributed by atoms with Crippen LogP contribution in [0.25, 0.3) is 34.2 Å². The predicted molar refractivity (Wildman–Crippen MR) is 170 cm³/mol. The summed E-state index contributed by atoms with van der Waals surface area (Å²) >= 11 is 0. The molecule has 6 aromatic rings. The molecule has 0 bridgehead atoms. The molecule has 1 heterocycles. The van der Waals surface area contributed by atoms with Gasteiger partial charge in [-0.15, -0.1) is 0 Å². The summed E-state index contributed by atoms with van der Waals surface area (Å²) in [7, 11) is 0. The van der Waals surface area contributed by atoms with Gasteiger partial charge in [-0.1, -0.05) is 105 Å². The Hall–Kier alpha value is -5.09. The van der Waals surface area contributed by atoms with Gasteiger partial charge in [0.15, 0.2) is 17.5 Å². The minimum Gasteiger partial charge on any atom is -0.310 e. The Balaban J connectivity index is 1.42. The molecule has 4 nitrogen and oxygen atoms in total. The lowest BCUT2D eigenvalue weighted by Crippen LogP contribution is -2.10. The monoisotopic (exact) mass is 532 g/mol. The van der Waals surface area contributed by atoms with Crippen molar-refractivity contribution in [1.29, 1.82) is 0 Å². The third kappa shape index (κ3) is 5.78. The summed E-state index contributed by atoms with van der Waals surface area (Å²) in [6.07, 6.45) is 1.10. The van der Waals surface area contributed by atoms with Gasteiger partial charge in [-0.05, 0) is 66.4 Å². The fourth-order valence-electron chi connectivity index (χ4n) is 4.93. The summed E-state index contributed by atoms with van der Waals surface area (Å²) in [6, 6.07) is 48.0. The van der Waals surface area contributed by atoms with Crippen molar-refractivity contribution in [2.75, 3.05) is 4.90 Å². The fraction of sp³-hybridized carbons (Fsp3) is 0.108. The second-order valence-corrected chi connectivity index (χ2v) is 10.2. The molecule has 0 saturated heterocycles. The molecule has 0 aliphatic carbocycles. The molecule has 41 heavy (non-hydrogen) atoms. The number of rotatable bonds is 8. The molecule has 1 atom stereocenters. The van der Waals surface area contributed by atoms with Crippen LogP contribution in [0.1, 0.15) is 31.7 Å². The van der Waals surface area contributed by atoms with Gasteiger partial charge in [0.25, 0.3) is 0 Å². The molecule has 200 valence electrons. The second-order valence-electron chi connectivity index (χ2n) is 10.2. The zero-order valence-electron chi connectivity index (χ0n) is 23.4. The smallest absolute Gasteiger partial charge is 0.164 e. The molecule has 0 fully saturated rings. The van der Waals surface area contributed by atoms with Gasteiger partial charge in [0.2, 0.25) is 0 Å². The molecule has 0 aliphatic heterocycles. The number of hydrogen-bond donors (Lipinski definition) is 0. The van der Waals surface area contributed by atoms with Crippen LogP contribution in [0.5, 0.6) is 0 Å². The molecule has 0 spiro atoms. The van der Waals surface area contributed by atoms with Crippen LogP contribution in [-0.4, -0.2) is 15.0 Å². The van der Waals surface area contributed by atoms with Crippen LogP contribution in [0.4, 0.5) is 17.1 Å². The number of benzene rings is 5. The molecule has 0 saturated carbocycles. The van der Waals surface area contributed by atoms with E-state index in [0.29, 0.717) is 23.4 Å². The van der Waals surface area contributed by atoms with E-state index in [1.807, 2.05) is 60.7 Å². The van der Waals surface area contributed by atoms with E-state index < -0.39 is 0 Å². The summed E-state index contributed by atoms with van der Waals surface area (Å²) in [4.78, 5) is 16.9. The summed E-state index contributed by atoms with van der Waals surface area (Å²) in [5.41, 5.74) is 7.52. The zero-order valence-corrected chi connectivity index (χ0v) is 23.4. The predicted octanol–water partition coefficient (Wildman–Crippen LogP) is 9.86. The number of anilines is 3. The highest BCUT2D eigenvalue weighted by Gasteiger charge is 2.16. The average Bonchev–Trinajstić information content (AvgIpc) is 3.06. The molecule has 0 N–H and O–H groups in total. The van der Waals surface area contributed by atoms with Crippen molar-refractivity contribution in [3.8, 4) is 34.2 Å². The van der Waals surface area contributed by atoms with E-state index in [1.165, 1.54) is 5.56 Å². The highest BCUT2D eigenvalue weighted by Crippen LogP contribution is 2.37. The maximum Gasteiger partial charge on any atom is 0.164 e. The van der Waals surface area contributed by atoms with Gasteiger partial charge >= 0.3 is 0 Å². The Kier molecular flexibility index (Phi) is 7.63. The third-order valence-electron chi connectivity index (χ3n) is 7.41. The van der Waals surface area contributed by atoms with Crippen LogP contribution in [0.3, 0.4) is 0 Å². The Labute approximate surface area is 242 Å². The van der Waals surface area contributed by atoms with Gasteiger partial charge < -0.3 is 4.90 Å². The van der Waals surface area contributed by atoms with E-state index >= 15 is 0 Å². The molecule has 0 amide bonds. The van der Waals surface area contributed by atoms with Crippen molar-refractivity contribution in [2.24, 2.45) is 0 Å². The van der Waals surface area contributed by atoms with Gasteiger partial charge in [-0.2, -0.15) is 0 Å². The van der Waals surface area contributed by atoms with Gasteiger partial charge in [0, 0.05) is 33.8 Å². The molecule has 0 radical (unpaired) electrons. The van der Waals surface area contributed by atoms with Crippen LogP contribution < -0.4 is 4.90 Å². The van der Waals surface area contributed by atoms with Gasteiger partial charge in [0.05, 0.1) is 0 Å². The van der Waals surface area contributed by atoms with E-state index in [0.717, 1.165) is 40.2 Å². The first kappa shape index (κ1) is 26.1. The normalized spacial score (nSPS) is 11.7. The van der Waals surface area contributed by atoms with E-state index in [4.69, 9.17) is 15.0 Å². The Morgan fingerprint density at radius 1 is 0.488 bits per heavy atom. The summed E-state index contributed by atoms with van der Waals surface area (Å²) in [5.74, 6) is 2.46. The molecule has 0 aliphatic rings. The zero-order chi connectivity index (χ0) is 28.0. The quantitative estimate of drug-likeness (QED) is 0.196. The van der Waals surface area contributed by atoms with Crippen LogP contribution in [0, 0.1) is 0 Å². The van der Waals surface area contributed by atoms with Gasteiger partial charge in [0.1, 0.15) is 0 Å². The van der Waals surface area contributed by atoms with Crippen molar-refractivity contribution in [1.82, 2.24) is 15.0 Å². The minimum absolute atomic E-state index is 0.497. The van der Waals surface area contributed by atoms with E-state index in [2.05, 4.69) is 97.6 Å². The maximum absolute atomic E-state index is 4.89. The summed E-state index contributed by atoms with van der Waals surface area (Å²) in [6.45, 7) is 4.52. The SMILES string of the molecule is CCC(C)c1cccc(N(c2ccccc2)c2ccc(-c3nc(-c4ccccc4)nc(-c4ccccc4)n3)cc2)c1. The Bertz CT molecular complexity index is 1660.